The molecule has 0 aliphatic heterocycles. The maximum Gasteiger partial charge on any atom is 0.173 e. The third-order valence-electron chi connectivity index (χ3n) is 4.27. The van der Waals surface area contributed by atoms with E-state index >= 15 is 0 Å². The van der Waals surface area contributed by atoms with Gasteiger partial charge < -0.3 is 15.2 Å². The highest BCUT2D eigenvalue weighted by atomic mass is 35.5. The molecule has 2 rings (SSSR count). The van der Waals surface area contributed by atoms with Crippen LogP contribution in [0.25, 0.3) is 0 Å². The van der Waals surface area contributed by atoms with Gasteiger partial charge in [-0.2, -0.15) is 0 Å². The molecule has 1 aliphatic carbocycles. The molecule has 2 N–H and O–H groups in total. The van der Waals surface area contributed by atoms with Crippen molar-refractivity contribution in [2.45, 2.75) is 31.1 Å². The third-order valence-corrected chi connectivity index (χ3v) is 4.59. The Bertz CT molecular complexity index is 510. The van der Waals surface area contributed by atoms with Crippen molar-refractivity contribution in [3.05, 3.63) is 22.2 Å². The first-order chi connectivity index (χ1) is 9.63. The van der Waals surface area contributed by atoms with E-state index in [-0.39, 0.29) is 5.41 Å². The van der Waals surface area contributed by atoms with Gasteiger partial charge in [-0.25, -0.2) is 0 Å². The lowest BCUT2D eigenvalue weighted by Gasteiger charge is -2.31. The van der Waals surface area contributed by atoms with Crippen LogP contribution in [0.15, 0.2) is 6.07 Å². The monoisotopic (exact) mass is 297 g/mol. The molecule has 1 aliphatic rings. The second-order valence-electron chi connectivity index (χ2n) is 5.20. The minimum atomic E-state index is -0.135. The van der Waals surface area contributed by atoms with Gasteiger partial charge in [-0.05, 0) is 18.9 Å². The molecule has 1 fully saturated rings. The summed E-state index contributed by atoms with van der Waals surface area (Å²) in [5, 5.41) is 0.382. The smallest absolute Gasteiger partial charge is 0.173 e. The van der Waals surface area contributed by atoms with Crippen molar-refractivity contribution in [3.63, 3.8) is 0 Å². The Kier molecular flexibility index (Phi) is 4.55. The fraction of sp³-hybridized carbons (Fsp3) is 0.533. The normalized spacial score (nSPS) is 17.0. The van der Waals surface area contributed by atoms with Crippen LogP contribution in [0.3, 0.4) is 0 Å². The Hall–Kier alpha value is -1.26. The largest absolute Gasteiger partial charge is 0.493 e. The van der Waals surface area contributed by atoms with E-state index in [1.807, 2.05) is 6.07 Å². The van der Waals surface area contributed by atoms with E-state index in [4.69, 9.17) is 26.8 Å². The summed E-state index contributed by atoms with van der Waals surface area (Å²) < 4.78 is 10.9. The second-order valence-corrected chi connectivity index (χ2v) is 5.60. The van der Waals surface area contributed by atoms with Crippen LogP contribution in [0.2, 0.25) is 5.02 Å². The van der Waals surface area contributed by atoms with Crippen molar-refractivity contribution in [1.82, 2.24) is 0 Å². The van der Waals surface area contributed by atoms with E-state index in [0.29, 0.717) is 34.9 Å². The lowest BCUT2D eigenvalue weighted by molar-refractivity contribution is 0.112. The molecule has 4 nitrogen and oxygen atoms in total. The van der Waals surface area contributed by atoms with E-state index < -0.39 is 0 Å². The number of ether oxygens (including phenoxy) is 2. The van der Waals surface area contributed by atoms with Gasteiger partial charge in [0.25, 0.3) is 0 Å². The number of hydrogen-bond donors (Lipinski definition) is 1. The van der Waals surface area contributed by atoms with E-state index in [1.54, 1.807) is 7.11 Å². The average molecular weight is 298 g/mol. The van der Waals surface area contributed by atoms with Crippen molar-refractivity contribution in [2.75, 3.05) is 20.8 Å². The van der Waals surface area contributed by atoms with Crippen LogP contribution < -0.4 is 15.2 Å². The van der Waals surface area contributed by atoms with Gasteiger partial charge in [0, 0.05) is 17.5 Å². The topological polar surface area (TPSA) is 61.5 Å². The molecule has 1 saturated carbocycles. The summed E-state index contributed by atoms with van der Waals surface area (Å²) in [5.41, 5.74) is 7.16. The highest BCUT2D eigenvalue weighted by Gasteiger charge is 2.38. The average Bonchev–Trinajstić information content (AvgIpc) is 2.95. The lowest BCUT2D eigenvalue weighted by atomic mass is 9.78. The van der Waals surface area contributed by atoms with Crippen molar-refractivity contribution >= 4 is 17.9 Å². The molecule has 0 atom stereocenters. The Morgan fingerprint density at radius 2 is 1.90 bits per heavy atom. The molecule has 0 spiro atoms. The number of aldehydes is 1. The standard InChI is InChI=1S/C15H20ClNO3/c1-19-13-10(8-18)12(16)7-11(14(13)20-2)15(9-17)5-3-4-6-15/h7-8H,3-6,9,17H2,1-2H3. The number of nitrogens with two attached hydrogens (primary N) is 1. The molecule has 5 heteroatoms. The molecule has 0 bridgehead atoms. The van der Waals surface area contributed by atoms with Crippen molar-refractivity contribution in [1.29, 1.82) is 0 Å². The Morgan fingerprint density at radius 3 is 2.35 bits per heavy atom. The van der Waals surface area contributed by atoms with Gasteiger partial charge >= 0.3 is 0 Å². The van der Waals surface area contributed by atoms with Crippen molar-refractivity contribution in [2.24, 2.45) is 5.73 Å². The van der Waals surface area contributed by atoms with E-state index in [0.717, 1.165) is 31.2 Å². The zero-order valence-electron chi connectivity index (χ0n) is 11.9. The molecule has 1 aromatic carbocycles. The summed E-state index contributed by atoms with van der Waals surface area (Å²) in [5.74, 6) is 0.969. The molecule has 20 heavy (non-hydrogen) atoms. The zero-order chi connectivity index (χ0) is 14.8. The van der Waals surface area contributed by atoms with Crippen LogP contribution in [0.5, 0.6) is 11.5 Å². The molecule has 0 heterocycles. The summed E-state index contributed by atoms with van der Waals surface area (Å²) in [4.78, 5) is 11.2. The van der Waals surface area contributed by atoms with Crippen LogP contribution in [0, 0.1) is 0 Å². The van der Waals surface area contributed by atoms with Gasteiger partial charge in [-0.15, -0.1) is 0 Å². The lowest BCUT2D eigenvalue weighted by Crippen LogP contribution is -2.32. The number of carbonyl (C=O) groups is 1. The van der Waals surface area contributed by atoms with Gasteiger partial charge in [0.1, 0.15) is 0 Å². The van der Waals surface area contributed by atoms with Crippen LogP contribution in [-0.2, 0) is 5.41 Å². The molecule has 0 unspecified atom stereocenters. The fourth-order valence-electron chi connectivity index (χ4n) is 3.17. The van der Waals surface area contributed by atoms with Crippen LogP contribution in [0.1, 0.15) is 41.6 Å². The first kappa shape index (κ1) is 15.1. The van der Waals surface area contributed by atoms with Gasteiger partial charge in [-0.3, -0.25) is 4.79 Å². The number of halogens is 1. The highest BCUT2D eigenvalue weighted by molar-refractivity contribution is 6.33. The SMILES string of the molecule is COc1c(C2(CN)CCCC2)cc(Cl)c(C=O)c1OC. The molecule has 0 radical (unpaired) electrons. The van der Waals surface area contributed by atoms with Gasteiger partial charge in [0.2, 0.25) is 0 Å². The van der Waals surface area contributed by atoms with Crippen LogP contribution >= 0.6 is 11.6 Å². The van der Waals surface area contributed by atoms with Crippen molar-refractivity contribution < 1.29 is 14.3 Å². The number of hydrogen-bond acceptors (Lipinski definition) is 4. The molecular formula is C15H20ClNO3. The Morgan fingerprint density at radius 1 is 1.30 bits per heavy atom. The molecule has 0 saturated heterocycles. The van der Waals surface area contributed by atoms with Gasteiger partial charge in [-0.1, -0.05) is 24.4 Å². The second kappa shape index (κ2) is 6.02. The minimum absolute atomic E-state index is 0.135. The van der Waals surface area contributed by atoms with E-state index in [2.05, 4.69) is 0 Å². The van der Waals surface area contributed by atoms with E-state index in [9.17, 15) is 4.79 Å². The predicted octanol–water partition coefficient (Wildman–Crippen LogP) is 2.94. The number of rotatable bonds is 5. The van der Waals surface area contributed by atoms with Crippen LogP contribution in [-0.4, -0.2) is 27.1 Å². The number of carbonyl (C=O) groups excluding carboxylic acids is 1. The molecule has 0 amide bonds. The predicted molar refractivity (Wildman–Crippen MR) is 79.1 cm³/mol. The Labute approximate surface area is 124 Å². The van der Waals surface area contributed by atoms with Gasteiger partial charge in [0.15, 0.2) is 17.8 Å². The van der Waals surface area contributed by atoms with Crippen molar-refractivity contribution in [3.8, 4) is 11.5 Å². The number of methoxy groups -OCH3 is 2. The third kappa shape index (κ3) is 2.27. The Balaban J connectivity index is 2.69. The summed E-state index contributed by atoms with van der Waals surface area (Å²) in [7, 11) is 3.08. The minimum Gasteiger partial charge on any atom is -0.493 e. The molecule has 110 valence electrons. The van der Waals surface area contributed by atoms with Gasteiger partial charge in [0.05, 0.1) is 24.8 Å². The van der Waals surface area contributed by atoms with Crippen LogP contribution in [0.4, 0.5) is 0 Å². The number of benzene rings is 1. The zero-order valence-corrected chi connectivity index (χ0v) is 12.6. The summed E-state index contributed by atoms with van der Waals surface area (Å²) in [6.45, 7) is 0.531. The maximum atomic E-state index is 11.2. The fourth-order valence-corrected chi connectivity index (χ4v) is 3.41. The molecule has 1 aromatic rings. The summed E-state index contributed by atoms with van der Waals surface area (Å²) in [6.07, 6.45) is 4.96. The summed E-state index contributed by atoms with van der Waals surface area (Å²) >= 11 is 6.23. The first-order valence-electron chi connectivity index (χ1n) is 6.73. The summed E-state index contributed by atoms with van der Waals surface area (Å²) in [6, 6.07) is 1.81. The van der Waals surface area contributed by atoms with E-state index in [1.165, 1.54) is 7.11 Å². The quantitative estimate of drug-likeness (QED) is 0.849. The molecular weight excluding hydrogens is 278 g/mol. The first-order valence-corrected chi connectivity index (χ1v) is 7.11. The molecule has 0 aromatic heterocycles. The highest BCUT2D eigenvalue weighted by Crippen LogP contribution is 2.49. The maximum absolute atomic E-state index is 11.2.